The Kier molecular flexibility index (Phi) is 4.67. The standard InChI is InChI=1S/C19H19N3O4S/c1-13-11-15-17(24)22(14-5-3-2-4-6-14)19(25)21(18(15)27-13)12-16(23)20-7-9-26-10-8-20/h2-6,11H,7-10,12H2,1H3. The highest BCUT2D eigenvalue weighted by Gasteiger charge is 2.22. The van der Waals surface area contributed by atoms with E-state index in [1.807, 2.05) is 13.0 Å². The van der Waals surface area contributed by atoms with Crippen molar-refractivity contribution in [1.82, 2.24) is 14.0 Å². The largest absolute Gasteiger partial charge is 0.378 e. The maximum absolute atomic E-state index is 13.2. The van der Waals surface area contributed by atoms with Crippen molar-refractivity contribution in [2.45, 2.75) is 13.5 Å². The van der Waals surface area contributed by atoms with Gasteiger partial charge in [-0.2, -0.15) is 0 Å². The summed E-state index contributed by atoms with van der Waals surface area (Å²) >= 11 is 1.35. The number of morpholine rings is 1. The number of nitrogens with zero attached hydrogens (tertiary/aromatic N) is 3. The lowest BCUT2D eigenvalue weighted by molar-refractivity contribution is -0.135. The number of aromatic nitrogens is 2. The molecule has 1 aromatic carbocycles. The first-order valence-electron chi connectivity index (χ1n) is 8.73. The molecular weight excluding hydrogens is 366 g/mol. The minimum Gasteiger partial charge on any atom is -0.378 e. The maximum Gasteiger partial charge on any atom is 0.337 e. The van der Waals surface area contributed by atoms with E-state index in [0.717, 1.165) is 9.44 Å². The number of carbonyl (C=O) groups excluding carboxylic acids is 1. The van der Waals surface area contributed by atoms with Gasteiger partial charge in [0.15, 0.2) is 0 Å². The Balaban J connectivity index is 1.87. The highest BCUT2D eigenvalue weighted by Crippen LogP contribution is 2.22. The van der Waals surface area contributed by atoms with Crippen LogP contribution < -0.4 is 11.2 Å². The Labute approximate surface area is 159 Å². The molecule has 3 heterocycles. The van der Waals surface area contributed by atoms with Crippen LogP contribution in [-0.2, 0) is 16.1 Å². The van der Waals surface area contributed by atoms with Gasteiger partial charge in [0.25, 0.3) is 5.56 Å². The van der Waals surface area contributed by atoms with Gasteiger partial charge in [0, 0.05) is 18.0 Å². The lowest BCUT2D eigenvalue weighted by atomic mass is 10.3. The summed E-state index contributed by atoms with van der Waals surface area (Å²) in [4.78, 5) is 42.0. The van der Waals surface area contributed by atoms with Crippen LogP contribution in [-0.4, -0.2) is 46.2 Å². The summed E-state index contributed by atoms with van der Waals surface area (Å²) < 4.78 is 7.84. The number of rotatable bonds is 3. The van der Waals surface area contributed by atoms with Gasteiger partial charge in [-0.1, -0.05) is 18.2 Å². The van der Waals surface area contributed by atoms with Gasteiger partial charge in [0.2, 0.25) is 5.91 Å². The summed E-state index contributed by atoms with van der Waals surface area (Å²) in [6.07, 6.45) is 0. The number of aryl methyl sites for hydroxylation is 1. The highest BCUT2D eigenvalue weighted by molar-refractivity contribution is 7.18. The van der Waals surface area contributed by atoms with Crippen LogP contribution in [0.15, 0.2) is 46.0 Å². The average Bonchev–Trinajstić information content (AvgIpc) is 3.08. The second kappa shape index (κ2) is 7.13. The summed E-state index contributed by atoms with van der Waals surface area (Å²) in [6.45, 7) is 3.81. The smallest absolute Gasteiger partial charge is 0.337 e. The third-order valence-electron chi connectivity index (χ3n) is 4.61. The number of amides is 1. The van der Waals surface area contributed by atoms with E-state index in [2.05, 4.69) is 0 Å². The highest BCUT2D eigenvalue weighted by atomic mass is 32.1. The number of hydrogen-bond donors (Lipinski definition) is 0. The van der Waals surface area contributed by atoms with Crippen molar-refractivity contribution in [3.05, 3.63) is 62.1 Å². The van der Waals surface area contributed by atoms with Crippen molar-refractivity contribution in [3.8, 4) is 5.69 Å². The van der Waals surface area contributed by atoms with Crippen LogP contribution in [0, 0.1) is 6.92 Å². The predicted octanol–water partition coefficient (Wildman–Crippen LogP) is 1.38. The third-order valence-corrected chi connectivity index (χ3v) is 5.68. The molecular formula is C19H19N3O4S. The maximum atomic E-state index is 13.2. The molecule has 8 heteroatoms. The van der Waals surface area contributed by atoms with Crippen LogP contribution in [0.4, 0.5) is 0 Å². The molecule has 2 aromatic heterocycles. The zero-order chi connectivity index (χ0) is 19.0. The third kappa shape index (κ3) is 3.22. The van der Waals surface area contributed by atoms with E-state index in [0.29, 0.717) is 42.2 Å². The van der Waals surface area contributed by atoms with E-state index in [4.69, 9.17) is 4.74 Å². The van der Waals surface area contributed by atoms with Crippen molar-refractivity contribution in [2.24, 2.45) is 0 Å². The van der Waals surface area contributed by atoms with E-state index in [1.165, 1.54) is 15.9 Å². The molecule has 0 saturated carbocycles. The fourth-order valence-corrected chi connectivity index (χ4v) is 4.25. The van der Waals surface area contributed by atoms with Gasteiger partial charge in [-0.15, -0.1) is 11.3 Å². The quantitative estimate of drug-likeness (QED) is 0.683. The Morgan fingerprint density at radius 2 is 1.85 bits per heavy atom. The van der Waals surface area contributed by atoms with Gasteiger partial charge in [-0.3, -0.25) is 14.2 Å². The molecule has 7 nitrogen and oxygen atoms in total. The Bertz CT molecular complexity index is 1110. The van der Waals surface area contributed by atoms with Crippen LogP contribution in [0.5, 0.6) is 0 Å². The second-order valence-corrected chi connectivity index (χ2v) is 7.65. The molecule has 1 fully saturated rings. The number of hydrogen-bond acceptors (Lipinski definition) is 5. The van der Waals surface area contributed by atoms with E-state index in [1.54, 1.807) is 35.2 Å². The Hall–Kier alpha value is -2.71. The summed E-state index contributed by atoms with van der Waals surface area (Å²) in [5, 5.41) is 0.454. The Morgan fingerprint density at radius 3 is 2.56 bits per heavy atom. The zero-order valence-corrected chi connectivity index (χ0v) is 15.7. The van der Waals surface area contributed by atoms with Crippen LogP contribution >= 0.6 is 11.3 Å². The molecule has 1 saturated heterocycles. The monoisotopic (exact) mass is 385 g/mol. The van der Waals surface area contributed by atoms with Crippen LogP contribution in [0.3, 0.4) is 0 Å². The molecule has 0 aliphatic carbocycles. The molecule has 1 amide bonds. The van der Waals surface area contributed by atoms with Gasteiger partial charge in [-0.25, -0.2) is 9.36 Å². The molecule has 0 bridgehead atoms. The van der Waals surface area contributed by atoms with Gasteiger partial charge >= 0.3 is 5.69 Å². The molecule has 0 spiro atoms. The minimum absolute atomic E-state index is 0.0948. The van der Waals surface area contributed by atoms with Crippen LogP contribution in [0.2, 0.25) is 0 Å². The lowest BCUT2D eigenvalue weighted by Crippen LogP contribution is -2.45. The fraction of sp³-hybridized carbons (Fsp3) is 0.316. The first kappa shape index (κ1) is 17.7. The first-order valence-corrected chi connectivity index (χ1v) is 9.55. The van der Waals surface area contributed by atoms with Crippen LogP contribution in [0.1, 0.15) is 4.88 Å². The fourth-order valence-electron chi connectivity index (χ4n) is 3.26. The van der Waals surface area contributed by atoms with E-state index < -0.39 is 5.69 Å². The molecule has 4 rings (SSSR count). The molecule has 140 valence electrons. The van der Waals surface area contributed by atoms with Crippen LogP contribution in [0.25, 0.3) is 15.9 Å². The zero-order valence-electron chi connectivity index (χ0n) is 14.9. The van der Waals surface area contributed by atoms with E-state index in [-0.39, 0.29) is 18.0 Å². The van der Waals surface area contributed by atoms with Gasteiger partial charge in [-0.05, 0) is 25.1 Å². The SMILES string of the molecule is Cc1cc2c(=O)n(-c3ccccc3)c(=O)n(CC(=O)N3CCOCC3)c2s1. The van der Waals surface area contributed by atoms with Gasteiger partial charge in [0.1, 0.15) is 11.4 Å². The summed E-state index contributed by atoms with van der Waals surface area (Å²) in [6, 6.07) is 10.6. The number of para-hydroxylation sites is 1. The van der Waals surface area contributed by atoms with Gasteiger partial charge in [0.05, 0.1) is 24.3 Å². The summed E-state index contributed by atoms with van der Waals surface area (Å²) in [5.74, 6) is -0.147. The molecule has 1 aliphatic heterocycles. The minimum atomic E-state index is -0.498. The number of carbonyl (C=O) groups is 1. The summed E-state index contributed by atoms with van der Waals surface area (Å²) in [5.41, 5.74) is -0.367. The van der Waals surface area contributed by atoms with Crippen molar-refractivity contribution in [1.29, 1.82) is 0 Å². The molecule has 0 N–H and O–H groups in total. The van der Waals surface area contributed by atoms with Gasteiger partial charge < -0.3 is 9.64 Å². The lowest BCUT2D eigenvalue weighted by Gasteiger charge is -2.27. The molecule has 1 aliphatic rings. The van der Waals surface area contributed by atoms with E-state index in [9.17, 15) is 14.4 Å². The number of ether oxygens (including phenoxy) is 1. The molecule has 0 unspecified atom stereocenters. The average molecular weight is 385 g/mol. The molecule has 0 radical (unpaired) electrons. The number of fused-ring (bicyclic) bond motifs is 1. The molecule has 3 aromatic rings. The number of thiophene rings is 1. The van der Waals surface area contributed by atoms with E-state index >= 15 is 0 Å². The van der Waals surface area contributed by atoms with Crippen molar-refractivity contribution >= 4 is 27.5 Å². The molecule has 27 heavy (non-hydrogen) atoms. The van der Waals surface area contributed by atoms with Crippen molar-refractivity contribution in [2.75, 3.05) is 26.3 Å². The second-order valence-electron chi connectivity index (χ2n) is 6.41. The summed E-state index contributed by atoms with van der Waals surface area (Å²) in [7, 11) is 0. The predicted molar refractivity (Wildman–Crippen MR) is 104 cm³/mol. The van der Waals surface area contributed by atoms with Crippen molar-refractivity contribution in [3.63, 3.8) is 0 Å². The first-order chi connectivity index (χ1) is 13.1. The topological polar surface area (TPSA) is 73.5 Å². The molecule has 0 atom stereocenters. The van der Waals surface area contributed by atoms with Crippen molar-refractivity contribution < 1.29 is 9.53 Å². The normalized spacial score (nSPS) is 14.6. The Morgan fingerprint density at radius 1 is 1.15 bits per heavy atom. The number of benzene rings is 1.